The van der Waals surface area contributed by atoms with Gasteiger partial charge in [0.1, 0.15) is 6.04 Å². The Morgan fingerprint density at radius 2 is 1.88 bits per heavy atom. The molecule has 16 heavy (non-hydrogen) atoms. The molecule has 0 saturated carbocycles. The van der Waals surface area contributed by atoms with E-state index in [1.807, 2.05) is 13.8 Å². The fraction of sp³-hybridized carbons (Fsp3) is 0.818. The van der Waals surface area contributed by atoms with Gasteiger partial charge in [0.25, 0.3) is 0 Å². The molecule has 0 radical (unpaired) electrons. The van der Waals surface area contributed by atoms with E-state index in [9.17, 15) is 9.59 Å². The number of amides is 2. The van der Waals surface area contributed by atoms with Crippen molar-refractivity contribution in [2.75, 3.05) is 20.6 Å². The molecular weight excluding hydrogens is 206 g/mol. The number of carbonyl (C=O) groups excluding carboxylic acids is 2. The van der Waals surface area contributed by atoms with Crippen molar-refractivity contribution in [2.45, 2.75) is 32.7 Å². The summed E-state index contributed by atoms with van der Waals surface area (Å²) in [5, 5.41) is 8.23. The number of hydrogen-bond acceptors (Lipinski definition) is 3. The van der Waals surface area contributed by atoms with Gasteiger partial charge in [0.15, 0.2) is 0 Å². The minimum absolute atomic E-state index is 0.0942. The van der Waals surface area contributed by atoms with Crippen LogP contribution in [0.2, 0.25) is 0 Å². The Morgan fingerprint density at radius 1 is 1.25 bits per heavy atom. The lowest BCUT2D eigenvalue weighted by Gasteiger charge is -2.22. The van der Waals surface area contributed by atoms with Gasteiger partial charge in [-0.15, -0.1) is 0 Å². The molecule has 0 heterocycles. The van der Waals surface area contributed by atoms with Crippen LogP contribution in [0.5, 0.6) is 0 Å². The van der Waals surface area contributed by atoms with Gasteiger partial charge in [-0.1, -0.05) is 20.3 Å². The number of hydrogen-bond donors (Lipinski definition) is 3. The summed E-state index contributed by atoms with van der Waals surface area (Å²) in [6.45, 7) is 4.57. The van der Waals surface area contributed by atoms with Gasteiger partial charge in [0, 0.05) is 20.0 Å². The van der Waals surface area contributed by atoms with Gasteiger partial charge in [-0.3, -0.25) is 9.59 Å². The summed E-state index contributed by atoms with van der Waals surface area (Å²) in [5.74, 6) is -0.0890. The molecule has 2 atom stereocenters. The van der Waals surface area contributed by atoms with E-state index in [4.69, 9.17) is 0 Å². The van der Waals surface area contributed by atoms with Crippen molar-refractivity contribution in [3.05, 3.63) is 0 Å². The third kappa shape index (κ3) is 5.11. The molecule has 5 nitrogen and oxygen atoms in total. The van der Waals surface area contributed by atoms with Crippen molar-refractivity contribution in [1.82, 2.24) is 16.0 Å². The smallest absolute Gasteiger partial charge is 0.242 e. The van der Waals surface area contributed by atoms with Crippen LogP contribution >= 0.6 is 0 Å². The molecule has 0 rings (SSSR count). The highest BCUT2D eigenvalue weighted by molar-refractivity contribution is 5.87. The van der Waals surface area contributed by atoms with E-state index in [-0.39, 0.29) is 17.7 Å². The maximum absolute atomic E-state index is 11.6. The van der Waals surface area contributed by atoms with Gasteiger partial charge < -0.3 is 16.0 Å². The Hall–Kier alpha value is -1.10. The molecule has 2 amide bonds. The monoisotopic (exact) mass is 229 g/mol. The molecule has 0 aliphatic heterocycles. The predicted octanol–water partition coefficient (Wildman–Crippen LogP) is -0.127. The largest absolute Gasteiger partial charge is 0.357 e. The second-order valence-corrected chi connectivity index (χ2v) is 3.90. The van der Waals surface area contributed by atoms with Crippen LogP contribution in [-0.4, -0.2) is 38.5 Å². The molecule has 0 saturated heterocycles. The van der Waals surface area contributed by atoms with Crippen LogP contribution in [0.4, 0.5) is 0 Å². The molecule has 94 valence electrons. The summed E-state index contributed by atoms with van der Waals surface area (Å²) in [6, 6.07) is -0.431. The first-order valence-corrected chi connectivity index (χ1v) is 5.72. The number of carbonyl (C=O) groups is 2. The lowest BCUT2D eigenvalue weighted by atomic mass is 9.98. The van der Waals surface area contributed by atoms with Gasteiger partial charge in [0.05, 0.1) is 0 Å². The van der Waals surface area contributed by atoms with Crippen LogP contribution < -0.4 is 16.0 Å². The number of nitrogens with one attached hydrogen (secondary N) is 3. The molecule has 0 aliphatic rings. The summed E-state index contributed by atoms with van der Waals surface area (Å²) < 4.78 is 0. The second-order valence-electron chi connectivity index (χ2n) is 3.90. The Bertz CT molecular complexity index is 231. The molecule has 0 fully saturated rings. The SMILES string of the molecule is CCC(C)C(NC(=O)CCNC)C(=O)NC. The topological polar surface area (TPSA) is 70.2 Å². The fourth-order valence-corrected chi connectivity index (χ4v) is 1.34. The Morgan fingerprint density at radius 3 is 2.31 bits per heavy atom. The lowest BCUT2D eigenvalue weighted by Crippen LogP contribution is -2.49. The van der Waals surface area contributed by atoms with E-state index >= 15 is 0 Å². The third-order valence-corrected chi connectivity index (χ3v) is 2.66. The summed E-state index contributed by atoms with van der Waals surface area (Å²) in [4.78, 5) is 23.1. The average Bonchev–Trinajstić information content (AvgIpc) is 2.31. The van der Waals surface area contributed by atoms with Gasteiger partial charge in [-0.2, -0.15) is 0 Å². The highest BCUT2D eigenvalue weighted by Gasteiger charge is 2.24. The molecule has 2 unspecified atom stereocenters. The van der Waals surface area contributed by atoms with E-state index in [1.165, 1.54) is 0 Å². The molecular formula is C11H23N3O2. The molecule has 0 spiro atoms. The zero-order valence-corrected chi connectivity index (χ0v) is 10.6. The Balaban J connectivity index is 4.31. The minimum Gasteiger partial charge on any atom is -0.357 e. The molecule has 5 heteroatoms. The van der Waals surface area contributed by atoms with Crippen LogP contribution in [0.3, 0.4) is 0 Å². The van der Waals surface area contributed by atoms with Crippen molar-refractivity contribution in [1.29, 1.82) is 0 Å². The standard InChI is InChI=1S/C11H23N3O2/c1-5-8(2)10(11(16)13-4)14-9(15)6-7-12-3/h8,10,12H,5-7H2,1-4H3,(H,13,16)(H,14,15). The van der Waals surface area contributed by atoms with E-state index in [0.29, 0.717) is 13.0 Å². The van der Waals surface area contributed by atoms with E-state index in [0.717, 1.165) is 6.42 Å². The van der Waals surface area contributed by atoms with E-state index in [1.54, 1.807) is 14.1 Å². The van der Waals surface area contributed by atoms with E-state index in [2.05, 4.69) is 16.0 Å². The summed E-state index contributed by atoms with van der Waals surface area (Å²) in [7, 11) is 3.37. The average molecular weight is 229 g/mol. The van der Waals surface area contributed by atoms with Crippen LogP contribution in [0.1, 0.15) is 26.7 Å². The maximum Gasteiger partial charge on any atom is 0.242 e. The third-order valence-electron chi connectivity index (χ3n) is 2.66. The molecule has 0 aromatic heterocycles. The van der Waals surface area contributed by atoms with E-state index < -0.39 is 6.04 Å². The highest BCUT2D eigenvalue weighted by Crippen LogP contribution is 2.07. The van der Waals surface area contributed by atoms with Crippen molar-refractivity contribution in [2.24, 2.45) is 5.92 Å². The summed E-state index contributed by atoms with van der Waals surface area (Å²) in [5.41, 5.74) is 0. The molecule has 3 N–H and O–H groups in total. The molecule has 0 bridgehead atoms. The fourth-order valence-electron chi connectivity index (χ4n) is 1.34. The first-order chi connectivity index (χ1) is 7.56. The first-order valence-electron chi connectivity index (χ1n) is 5.72. The van der Waals surface area contributed by atoms with Crippen LogP contribution in [0, 0.1) is 5.92 Å². The number of rotatable bonds is 7. The first kappa shape index (κ1) is 14.9. The summed E-state index contributed by atoms with van der Waals surface area (Å²) >= 11 is 0. The number of likely N-dealkylation sites (N-methyl/N-ethyl adjacent to an activating group) is 1. The minimum atomic E-state index is -0.431. The van der Waals surface area contributed by atoms with Gasteiger partial charge in [-0.25, -0.2) is 0 Å². The quantitative estimate of drug-likeness (QED) is 0.569. The summed E-state index contributed by atoms with van der Waals surface area (Å²) in [6.07, 6.45) is 1.24. The molecule has 0 aromatic rings. The van der Waals surface area contributed by atoms with Gasteiger partial charge in [-0.05, 0) is 13.0 Å². The van der Waals surface area contributed by atoms with Crippen LogP contribution in [0.25, 0.3) is 0 Å². The maximum atomic E-state index is 11.6. The van der Waals surface area contributed by atoms with Gasteiger partial charge in [0.2, 0.25) is 11.8 Å². The van der Waals surface area contributed by atoms with Gasteiger partial charge >= 0.3 is 0 Å². The lowest BCUT2D eigenvalue weighted by molar-refractivity contribution is -0.129. The van der Waals surface area contributed by atoms with Crippen molar-refractivity contribution < 1.29 is 9.59 Å². The van der Waals surface area contributed by atoms with Crippen molar-refractivity contribution >= 4 is 11.8 Å². The predicted molar refractivity (Wildman–Crippen MR) is 64.0 cm³/mol. The second kappa shape index (κ2) is 8.10. The van der Waals surface area contributed by atoms with Crippen LogP contribution in [0.15, 0.2) is 0 Å². The van der Waals surface area contributed by atoms with Crippen molar-refractivity contribution in [3.63, 3.8) is 0 Å². The molecule has 0 aliphatic carbocycles. The van der Waals surface area contributed by atoms with Crippen LogP contribution in [-0.2, 0) is 9.59 Å². The van der Waals surface area contributed by atoms with Crippen molar-refractivity contribution in [3.8, 4) is 0 Å². The zero-order valence-electron chi connectivity index (χ0n) is 10.6. The molecule has 0 aromatic carbocycles. The Kier molecular flexibility index (Phi) is 7.54. The Labute approximate surface area is 97.4 Å². The zero-order chi connectivity index (χ0) is 12.6. The normalized spacial score (nSPS) is 14.0. The highest BCUT2D eigenvalue weighted by atomic mass is 16.2.